The topological polar surface area (TPSA) is 137 Å². The van der Waals surface area contributed by atoms with Crippen LogP contribution in [0.2, 0.25) is 0 Å². The maximum absolute atomic E-state index is 11.3. The first-order valence-corrected chi connectivity index (χ1v) is 7.49. The lowest BCUT2D eigenvalue weighted by Crippen LogP contribution is -2.58. The van der Waals surface area contributed by atoms with Gasteiger partial charge in [0, 0.05) is 25.7 Å². The first-order chi connectivity index (χ1) is 10.8. The fraction of sp³-hybridized carbons (Fsp3) is 0.750. The van der Waals surface area contributed by atoms with Crippen molar-refractivity contribution in [1.82, 2.24) is 0 Å². The summed E-state index contributed by atoms with van der Waals surface area (Å²) in [7, 11) is 0. The molecule has 1 aliphatic rings. The van der Waals surface area contributed by atoms with Gasteiger partial charge in [0.05, 0.1) is 0 Å². The van der Waals surface area contributed by atoms with E-state index in [0.717, 1.165) is 6.92 Å². The summed E-state index contributed by atoms with van der Waals surface area (Å²) in [6, 6.07) is -1.05. The zero-order valence-electron chi connectivity index (χ0n) is 12.7. The van der Waals surface area contributed by atoms with E-state index in [1.54, 1.807) is 0 Å². The summed E-state index contributed by atoms with van der Waals surface area (Å²) < 4.78 is 20.6. The van der Waals surface area contributed by atoms with Crippen LogP contribution in [-0.2, 0) is 33.3 Å². The van der Waals surface area contributed by atoms with E-state index in [0.29, 0.717) is 0 Å². The second-order valence-electron chi connectivity index (χ2n) is 4.67. The van der Waals surface area contributed by atoms with Gasteiger partial charge in [0.25, 0.3) is 0 Å². The van der Waals surface area contributed by atoms with Crippen molar-refractivity contribution in [3.63, 3.8) is 0 Å². The third-order valence-electron chi connectivity index (χ3n) is 2.84. The molecular weight excluding hydrogens is 378 g/mol. The highest BCUT2D eigenvalue weighted by atomic mass is 79.9. The molecule has 0 aromatic rings. The number of carbonyl (C=O) groups excluding carboxylic acids is 3. The maximum atomic E-state index is 11.3. The lowest BCUT2D eigenvalue weighted by molar-refractivity contribution is -0.199. The number of rotatable bonds is 5. The van der Waals surface area contributed by atoms with E-state index in [2.05, 4.69) is 26.0 Å². The van der Waals surface area contributed by atoms with Crippen LogP contribution < -0.4 is 0 Å². The van der Waals surface area contributed by atoms with E-state index in [4.69, 9.17) is 24.5 Å². The lowest BCUT2D eigenvalue weighted by Gasteiger charge is -2.41. The zero-order valence-corrected chi connectivity index (χ0v) is 14.3. The fourth-order valence-electron chi connectivity index (χ4n) is 2.06. The van der Waals surface area contributed by atoms with Gasteiger partial charge < -0.3 is 18.9 Å². The van der Waals surface area contributed by atoms with Crippen LogP contribution in [0.25, 0.3) is 10.4 Å². The second kappa shape index (κ2) is 8.70. The minimum absolute atomic E-state index is 0.223. The molecule has 11 heteroatoms. The molecule has 2 unspecified atom stereocenters. The molecule has 0 bridgehead atoms. The summed E-state index contributed by atoms with van der Waals surface area (Å²) >= 11 is 3.17. The summed E-state index contributed by atoms with van der Waals surface area (Å²) in [4.78, 5) is 36.2. The predicted octanol–water partition coefficient (Wildman–Crippen LogP) is 1.21. The molecule has 0 aromatic heterocycles. The number of nitrogens with zero attached hydrogens (tertiary/aromatic N) is 3. The SMILES string of the molecule is CC(=O)OCC1O[C@H](Br)C(OC(C)=O)[C@@H](N=[N+]=[N-])[C@H]1OC(C)=O. The highest BCUT2D eigenvalue weighted by Crippen LogP contribution is 2.31. The van der Waals surface area contributed by atoms with Gasteiger partial charge in [-0.2, -0.15) is 0 Å². The van der Waals surface area contributed by atoms with Crippen LogP contribution >= 0.6 is 15.9 Å². The van der Waals surface area contributed by atoms with E-state index < -0.39 is 47.3 Å². The van der Waals surface area contributed by atoms with Crippen LogP contribution in [0.4, 0.5) is 0 Å². The second-order valence-corrected chi connectivity index (χ2v) is 5.57. The van der Waals surface area contributed by atoms with Crippen LogP contribution in [0, 0.1) is 0 Å². The van der Waals surface area contributed by atoms with Gasteiger partial charge in [-0.3, -0.25) is 14.4 Å². The van der Waals surface area contributed by atoms with Crippen molar-refractivity contribution in [1.29, 1.82) is 0 Å². The summed E-state index contributed by atoms with van der Waals surface area (Å²) in [6.45, 7) is 3.33. The average molecular weight is 394 g/mol. The molecular formula is C12H16BrN3O7. The minimum atomic E-state index is -1.08. The number of halogens is 1. The molecule has 0 aliphatic carbocycles. The molecule has 23 heavy (non-hydrogen) atoms. The largest absolute Gasteiger partial charge is 0.463 e. The molecule has 1 aliphatic heterocycles. The average Bonchev–Trinajstić information content (AvgIpc) is 2.43. The molecule has 0 saturated carbocycles. The van der Waals surface area contributed by atoms with Crippen LogP contribution in [0.15, 0.2) is 5.11 Å². The number of ether oxygens (including phenoxy) is 4. The van der Waals surface area contributed by atoms with E-state index in [9.17, 15) is 14.4 Å². The van der Waals surface area contributed by atoms with E-state index in [1.165, 1.54) is 13.8 Å². The minimum Gasteiger partial charge on any atom is -0.463 e. The Morgan fingerprint density at radius 3 is 2.17 bits per heavy atom. The van der Waals surface area contributed by atoms with Gasteiger partial charge >= 0.3 is 17.9 Å². The number of alkyl halides is 1. The highest BCUT2D eigenvalue weighted by molar-refractivity contribution is 9.09. The monoisotopic (exact) mass is 393 g/mol. The molecule has 0 radical (unpaired) electrons. The highest BCUT2D eigenvalue weighted by Gasteiger charge is 2.48. The standard InChI is InChI=1S/C12H16BrN3O7/c1-5(17)20-4-8-10(21-6(2)18)9(15-16-14)11(12(13)23-8)22-7(3)19/h8-12H,4H2,1-3H3/t8?,9-,10-,11?,12-/m0/s1. The summed E-state index contributed by atoms with van der Waals surface area (Å²) in [5, 5.41) is 2.72. The van der Waals surface area contributed by atoms with Crippen molar-refractivity contribution in [2.45, 2.75) is 50.1 Å². The van der Waals surface area contributed by atoms with Gasteiger partial charge in [0.1, 0.15) is 31.0 Å². The van der Waals surface area contributed by atoms with Gasteiger partial charge in [0.2, 0.25) is 0 Å². The van der Waals surface area contributed by atoms with Crippen LogP contribution in [-0.4, -0.2) is 53.9 Å². The first kappa shape index (κ1) is 19.2. The summed E-state index contributed by atoms with van der Waals surface area (Å²) in [5.41, 5.74) is 8.75. The zero-order chi connectivity index (χ0) is 17.6. The van der Waals surface area contributed by atoms with Crippen molar-refractivity contribution in [3.8, 4) is 0 Å². The summed E-state index contributed by atoms with van der Waals surface area (Å²) in [5.74, 6) is -1.83. The number of esters is 3. The molecule has 1 heterocycles. The molecule has 1 rings (SSSR count). The molecule has 1 saturated heterocycles. The maximum Gasteiger partial charge on any atom is 0.303 e. The van der Waals surface area contributed by atoms with Crippen molar-refractivity contribution in [2.75, 3.05) is 6.61 Å². The lowest BCUT2D eigenvalue weighted by atomic mass is 9.97. The van der Waals surface area contributed by atoms with Gasteiger partial charge in [-0.25, -0.2) is 0 Å². The molecule has 0 amide bonds. The quantitative estimate of drug-likeness (QED) is 0.171. The Bertz CT molecular complexity index is 523. The van der Waals surface area contributed by atoms with Crippen molar-refractivity contribution in [2.24, 2.45) is 5.11 Å². The number of hydrogen-bond donors (Lipinski definition) is 0. The fourth-order valence-corrected chi connectivity index (χ4v) is 2.76. The van der Waals surface area contributed by atoms with E-state index in [1.807, 2.05) is 0 Å². The Balaban J connectivity index is 3.09. The third-order valence-corrected chi connectivity index (χ3v) is 3.58. The van der Waals surface area contributed by atoms with Crippen LogP contribution in [0.1, 0.15) is 20.8 Å². The molecule has 0 N–H and O–H groups in total. The van der Waals surface area contributed by atoms with E-state index >= 15 is 0 Å². The Labute approximate surface area is 140 Å². The first-order valence-electron chi connectivity index (χ1n) is 6.57. The third kappa shape index (κ3) is 5.70. The van der Waals surface area contributed by atoms with Crippen molar-refractivity contribution < 1.29 is 33.3 Å². The molecule has 128 valence electrons. The van der Waals surface area contributed by atoms with Gasteiger partial charge in [0.15, 0.2) is 5.01 Å². The van der Waals surface area contributed by atoms with Crippen molar-refractivity contribution >= 4 is 33.8 Å². The Hall–Kier alpha value is -1.84. The normalized spacial score (nSPS) is 29.8. The molecule has 0 spiro atoms. The smallest absolute Gasteiger partial charge is 0.303 e. The van der Waals surface area contributed by atoms with Crippen LogP contribution in [0.5, 0.6) is 0 Å². The Kier molecular flexibility index (Phi) is 7.27. The number of azide groups is 1. The van der Waals surface area contributed by atoms with Crippen molar-refractivity contribution in [3.05, 3.63) is 10.4 Å². The van der Waals surface area contributed by atoms with Crippen LogP contribution in [0.3, 0.4) is 0 Å². The molecule has 0 aromatic carbocycles. The van der Waals surface area contributed by atoms with Gasteiger partial charge in [-0.1, -0.05) is 21.0 Å². The van der Waals surface area contributed by atoms with E-state index in [-0.39, 0.29) is 6.61 Å². The number of hydrogen-bond acceptors (Lipinski definition) is 8. The molecule has 10 nitrogen and oxygen atoms in total. The number of carbonyl (C=O) groups is 3. The van der Waals surface area contributed by atoms with Gasteiger partial charge in [-0.05, 0) is 5.53 Å². The predicted molar refractivity (Wildman–Crippen MR) is 78.3 cm³/mol. The van der Waals surface area contributed by atoms with Gasteiger partial charge in [-0.15, -0.1) is 0 Å². The molecule has 5 atom stereocenters. The summed E-state index contributed by atoms with van der Waals surface area (Å²) in [6.07, 6.45) is -2.99. The Morgan fingerprint density at radius 1 is 1.13 bits per heavy atom. The Morgan fingerprint density at radius 2 is 1.70 bits per heavy atom. The molecule has 1 fully saturated rings.